The first kappa shape index (κ1) is 20.5. The molecule has 7 nitrogen and oxygen atoms in total. The molecule has 0 amide bonds. The normalized spacial score (nSPS) is 15.2. The highest BCUT2D eigenvalue weighted by Gasteiger charge is 2.28. The summed E-state index contributed by atoms with van der Waals surface area (Å²) in [6, 6.07) is 21.0. The quantitative estimate of drug-likeness (QED) is 0.469. The van der Waals surface area contributed by atoms with E-state index in [9.17, 15) is 8.42 Å². The number of piperazine rings is 1. The summed E-state index contributed by atoms with van der Waals surface area (Å²) in [5, 5.41) is 0.959. The monoisotopic (exact) mass is 445 g/mol. The van der Waals surface area contributed by atoms with E-state index in [1.54, 1.807) is 16.7 Å². The zero-order valence-electron chi connectivity index (χ0n) is 17.5. The molecule has 0 unspecified atom stereocenters. The van der Waals surface area contributed by atoms with Crippen LogP contribution in [0.3, 0.4) is 0 Å². The van der Waals surface area contributed by atoms with E-state index < -0.39 is 10.0 Å². The van der Waals surface area contributed by atoms with Gasteiger partial charge in [-0.3, -0.25) is 4.98 Å². The van der Waals surface area contributed by atoms with Gasteiger partial charge in [-0.1, -0.05) is 42.5 Å². The molecule has 2 aromatic heterocycles. The molecule has 0 radical (unpaired) electrons. The van der Waals surface area contributed by atoms with Gasteiger partial charge in [0, 0.05) is 49.5 Å². The zero-order valence-corrected chi connectivity index (χ0v) is 18.3. The summed E-state index contributed by atoms with van der Waals surface area (Å²) in [6.45, 7) is 1.99. The number of rotatable bonds is 5. The number of benzene rings is 2. The van der Waals surface area contributed by atoms with E-state index in [4.69, 9.17) is 9.97 Å². The largest absolute Gasteiger partial charge is 0.353 e. The number of nitrogens with zero attached hydrogens (tertiary/aromatic N) is 5. The highest BCUT2D eigenvalue weighted by atomic mass is 32.2. The van der Waals surface area contributed by atoms with Crippen molar-refractivity contribution in [1.29, 1.82) is 0 Å². The van der Waals surface area contributed by atoms with Crippen LogP contribution >= 0.6 is 0 Å². The molecule has 5 rings (SSSR count). The van der Waals surface area contributed by atoms with Gasteiger partial charge in [0.05, 0.1) is 11.3 Å². The molecule has 0 atom stereocenters. The van der Waals surface area contributed by atoms with Crippen LogP contribution in [0.1, 0.15) is 5.56 Å². The van der Waals surface area contributed by atoms with Crippen molar-refractivity contribution in [2.45, 2.75) is 5.75 Å². The average molecular weight is 446 g/mol. The Morgan fingerprint density at radius 2 is 1.56 bits per heavy atom. The van der Waals surface area contributed by atoms with Gasteiger partial charge in [0.2, 0.25) is 10.0 Å². The number of sulfonamides is 1. The maximum Gasteiger partial charge on any atom is 0.218 e. The van der Waals surface area contributed by atoms with Gasteiger partial charge in [0.1, 0.15) is 5.82 Å². The number of hydrogen-bond acceptors (Lipinski definition) is 6. The first-order valence-corrected chi connectivity index (χ1v) is 12.1. The minimum absolute atomic E-state index is 0.0232. The summed E-state index contributed by atoms with van der Waals surface area (Å²) >= 11 is 0. The van der Waals surface area contributed by atoms with Crippen LogP contribution in [0.4, 0.5) is 5.82 Å². The summed E-state index contributed by atoms with van der Waals surface area (Å²) in [4.78, 5) is 15.9. The average Bonchev–Trinajstić information content (AvgIpc) is 2.84. The summed E-state index contributed by atoms with van der Waals surface area (Å²) in [5.41, 5.74) is 2.51. The predicted molar refractivity (Wildman–Crippen MR) is 126 cm³/mol. The van der Waals surface area contributed by atoms with Gasteiger partial charge >= 0.3 is 0 Å². The minimum atomic E-state index is -3.37. The Morgan fingerprint density at radius 1 is 0.812 bits per heavy atom. The second-order valence-corrected chi connectivity index (χ2v) is 9.73. The van der Waals surface area contributed by atoms with Crippen LogP contribution in [0.25, 0.3) is 22.3 Å². The van der Waals surface area contributed by atoms with E-state index in [1.807, 2.05) is 66.7 Å². The van der Waals surface area contributed by atoms with E-state index in [0.717, 1.165) is 27.8 Å². The second-order valence-electron chi connectivity index (χ2n) is 7.76. The smallest absolute Gasteiger partial charge is 0.218 e. The number of pyridine rings is 1. The second kappa shape index (κ2) is 8.64. The van der Waals surface area contributed by atoms with Crippen LogP contribution < -0.4 is 4.90 Å². The molecule has 0 saturated carbocycles. The van der Waals surface area contributed by atoms with Gasteiger partial charge in [0.25, 0.3) is 0 Å². The standard InChI is InChI=1S/C24H23N5O2S/c30-32(31,18-19-7-2-1-3-8-19)29-15-13-28(14-16-29)24-21-10-4-5-11-22(21)26-23(27-24)20-9-6-12-25-17-20/h1-12,17H,13-16,18H2. The topological polar surface area (TPSA) is 79.3 Å². The summed E-state index contributed by atoms with van der Waals surface area (Å²) in [6.07, 6.45) is 3.47. The Labute approximate surface area is 187 Å². The lowest BCUT2D eigenvalue weighted by molar-refractivity contribution is 0.383. The van der Waals surface area contributed by atoms with Crippen LogP contribution in [0.2, 0.25) is 0 Å². The fourth-order valence-electron chi connectivity index (χ4n) is 3.98. The van der Waals surface area contributed by atoms with E-state index in [0.29, 0.717) is 32.0 Å². The molecule has 0 aliphatic carbocycles. The number of para-hydroxylation sites is 1. The third-order valence-corrected chi connectivity index (χ3v) is 7.48. The summed E-state index contributed by atoms with van der Waals surface area (Å²) in [7, 11) is -3.37. The fourth-order valence-corrected chi connectivity index (χ4v) is 5.50. The van der Waals surface area contributed by atoms with Gasteiger partial charge in [-0.15, -0.1) is 0 Å². The molecule has 2 aromatic carbocycles. The molecule has 1 saturated heterocycles. The van der Waals surface area contributed by atoms with Crippen LogP contribution in [-0.2, 0) is 15.8 Å². The maximum absolute atomic E-state index is 12.9. The molecule has 4 aromatic rings. The van der Waals surface area contributed by atoms with Crippen molar-refractivity contribution in [1.82, 2.24) is 19.3 Å². The van der Waals surface area contributed by atoms with Crippen molar-refractivity contribution < 1.29 is 8.42 Å². The van der Waals surface area contributed by atoms with Crippen molar-refractivity contribution in [2.24, 2.45) is 0 Å². The van der Waals surface area contributed by atoms with Crippen LogP contribution in [0, 0.1) is 0 Å². The van der Waals surface area contributed by atoms with E-state index >= 15 is 0 Å². The number of anilines is 1. The third kappa shape index (κ3) is 4.19. The van der Waals surface area contributed by atoms with Crippen LogP contribution in [-0.4, -0.2) is 53.9 Å². The zero-order chi connectivity index (χ0) is 22.0. The van der Waals surface area contributed by atoms with Gasteiger partial charge in [-0.2, -0.15) is 4.31 Å². The summed E-state index contributed by atoms with van der Waals surface area (Å²) < 4.78 is 27.4. The Bertz CT molecular complexity index is 1320. The van der Waals surface area contributed by atoms with E-state index in [1.165, 1.54) is 0 Å². The highest BCUT2D eigenvalue weighted by Crippen LogP contribution is 2.28. The molecule has 1 fully saturated rings. The number of aromatic nitrogens is 3. The first-order valence-electron chi connectivity index (χ1n) is 10.5. The molecule has 32 heavy (non-hydrogen) atoms. The van der Waals surface area contributed by atoms with Crippen molar-refractivity contribution in [3.63, 3.8) is 0 Å². The predicted octanol–water partition coefficient (Wildman–Crippen LogP) is 3.34. The molecule has 8 heteroatoms. The SMILES string of the molecule is O=S(=O)(Cc1ccccc1)N1CCN(c2nc(-c3cccnc3)nc3ccccc23)CC1. The molecular formula is C24H23N5O2S. The minimum Gasteiger partial charge on any atom is -0.353 e. The van der Waals surface area contributed by atoms with Crippen LogP contribution in [0.15, 0.2) is 79.1 Å². The lowest BCUT2D eigenvalue weighted by atomic mass is 10.2. The lowest BCUT2D eigenvalue weighted by Gasteiger charge is -2.35. The molecule has 0 bridgehead atoms. The van der Waals surface area contributed by atoms with Crippen LogP contribution in [0.5, 0.6) is 0 Å². The van der Waals surface area contributed by atoms with Gasteiger partial charge < -0.3 is 4.90 Å². The molecule has 0 spiro atoms. The molecular weight excluding hydrogens is 422 g/mol. The van der Waals surface area contributed by atoms with Crippen molar-refractivity contribution in [2.75, 3.05) is 31.1 Å². The summed E-state index contributed by atoms with van der Waals surface area (Å²) in [5.74, 6) is 1.47. The number of fused-ring (bicyclic) bond motifs is 1. The maximum atomic E-state index is 12.9. The molecule has 1 aliphatic heterocycles. The van der Waals surface area contributed by atoms with Crippen molar-refractivity contribution in [3.8, 4) is 11.4 Å². The highest BCUT2D eigenvalue weighted by molar-refractivity contribution is 7.88. The Hall–Kier alpha value is -3.36. The van der Waals surface area contributed by atoms with Gasteiger partial charge in [0.15, 0.2) is 5.82 Å². The number of hydrogen-bond donors (Lipinski definition) is 0. The first-order chi connectivity index (χ1) is 15.6. The third-order valence-electron chi connectivity index (χ3n) is 5.63. The van der Waals surface area contributed by atoms with E-state index in [-0.39, 0.29) is 5.75 Å². The lowest BCUT2D eigenvalue weighted by Crippen LogP contribution is -2.49. The van der Waals surface area contributed by atoms with E-state index in [2.05, 4.69) is 9.88 Å². The van der Waals surface area contributed by atoms with Gasteiger partial charge in [-0.05, 0) is 29.8 Å². The fraction of sp³-hybridized carbons (Fsp3) is 0.208. The van der Waals surface area contributed by atoms with Crippen molar-refractivity contribution in [3.05, 3.63) is 84.7 Å². The Kier molecular flexibility index (Phi) is 5.55. The molecule has 162 valence electrons. The Balaban J connectivity index is 1.40. The molecule has 0 N–H and O–H groups in total. The van der Waals surface area contributed by atoms with Crippen molar-refractivity contribution >= 4 is 26.7 Å². The Morgan fingerprint density at radius 3 is 2.31 bits per heavy atom. The van der Waals surface area contributed by atoms with Gasteiger partial charge in [-0.25, -0.2) is 18.4 Å². The molecule has 1 aliphatic rings. The molecule has 3 heterocycles.